The van der Waals surface area contributed by atoms with E-state index in [1.54, 1.807) is 6.08 Å². The molecule has 0 nitrogen and oxygen atoms in total. The molecule has 0 aliphatic rings. The minimum absolute atomic E-state index is 0.778. The van der Waals surface area contributed by atoms with Crippen LogP contribution in [0.3, 0.4) is 0 Å². The SMILES string of the molecule is [CH]=Cc1ccc(CCC(C)C)cc1. The van der Waals surface area contributed by atoms with Gasteiger partial charge in [0.05, 0.1) is 0 Å². The molecule has 0 heterocycles. The van der Waals surface area contributed by atoms with Crippen molar-refractivity contribution in [2.75, 3.05) is 0 Å². The lowest BCUT2D eigenvalue weighted by Gasteiger charge is -2.04. The highest BCUT2D eigenvalue weighted by Gasteiger charge is 1.96. The van der Waals surface area contributed by atoms with E-state index in [2.05, 4.69) is 38.1 Å². The third kappa shape index (κ3) is 3.45. The monoisotopic (exact) mass is 173 g/mol. The molecule has 0 spiro atoms. The molecule has 69 valence electrons. The van der Waals surface area contributed by atoms with E-state index in [1.165, 1.54) is 18.4 Å². The Balaban J connectivity index is 2.54. The van der Waals surface area contributed by atoms with Crippen LogP contribution in [0.5, 0.6) is 0 Å². The van der Waals surface area contributed by atoms with Crippen molar-refractivity contribution in [3.05, 3.63) is 42.0 Å². The van der Waals surface area contributed by atoms with E-state index in [0.29, 0.717) is 0 Å². The van der Waals surface area contributed by atoms with Crippen molar-refractivity contribution in [2.24, 2.45) is 5.92 Å². The lowest BCUT2D eigenvalue weighted by Crippen LogP contribution is -1.91. The molecular formula is C13H17. The fourth-order valence-electron chi connectivity index (χ4n) is 1.25. The Morgan fingerprint density at radius 1 is 1.23 bits per heavy atom. The lowest BCUT2D eigenvalue weighted by molar-refractivity contribution is 0.587. The fourth-order valence-corrected chi connectivity index (χ4v) is 1.25. The van der Waals surface area contributed by atoms with Gasteiger partial charge in [-0.05, 0) is 29.9 Å². The Labute approximate surface area is 81.3 Å². The highest BCUT2D eigenvalue weighted by atomic mass is 14.0. The molecule has 0 aliphatic carbocycles. The molecule has 0 atom stereocenters. The van der Waals surface area contributed by atoms with E-state index in [0.717, 1.165) is 11.5 Å². The van der Waals surface area contributed by atoms with Crippen LogP contribution in [0.15, 0.2) is 24.3 Å². The molecular weight excluding hydrogens is 156 g/mol. The zero-order valence-corrected chi connectivity index (χ0v) is 8.46. The molecule has 0 saturated heterocycles. The minimum Gasteiger partial charge on any atom is -0.0628 e. The van der Waals surface area contributed by atoms with Crippen molar-refractivity contribution in [2.45, 2.75) is 26.7 Å². The van der Waals surface area contributed by atoms with Crippen LogP contribution in [0.25, 0.3) is 6.08 Å². The predicted octanol–water partition coefficient (Wildman–Crippen LogP) is 3.72. The molecule has 1 aromatic carbocycles. The summed E-state index contributed by atoms with van der Waals surface area (Å²) in [6.45, 7) is 9.90. The van der Waals surface area contributed by atoms with Gasteiger partial charge in [-0.1, -0.05) is 50.8 Å². The van der Waals surface area contributed by atoms with Gasteiger partial charge in [0.15, 0.2) is 0 Å². The Hall–Kier alpha value is -1.04. The molecule has 0 heteroatoms. The summed E-state index contributed by atoms with van der Waals surface area (Å²) in [7, 11) is 0. The van der Waals surface area contributed by atoms with Crippen LogP contribution >= 0.6 is 0 Å². The smallest absolute Gasteiger partial charge is 0.0256 e. The van der Waals surface area contributed by atoms with Gasteiger partial charge >= 0.3 is 0 Å². The van der Waals surface area contributed by atoms with E-state index >= 15 is 0 Å². The number of hydrogen-bond acceptors (Lipinski definition) is 0. The van der Waals surface area contributed by atoms with Gasteiger partial charge in [0.25, 0.3) is 0 Å². The van der Waals surface area contributed by atoms with Crippen molar-refractivity contribution < 1.29 is 0 Å². The molecule has 0 aliphatic heterocycles. The Morgan fingerprint density at radius 2 is 1.85 bits per heavy atom. The second-order valence-electron chi connectivity index (χ2n) is 3.84. The van der Waals surface area contributed by atoms with Gasteiger partial charge in [0.1, 0.15) is 0 Å². The standard InChI is InChI=1S/C13H17/c1-4-12-7-9-13(10-8-12)6-5-11(2)3/h1,4,7-11H,5-6H2,2-3H3. The van der Waals surface area contributed by atoms with Crippen LogP contribution < -0.4 is 0 Å². The predicted molar refractivity (Wildman–Crippen MR) is 58.4 cm³/mol. The van der Waals surface area contributed by atoms with Crippen molar-refractivity contribution in [1.29, 1.82) is 0 Å². The third-order valence-corrected chi connectivity index (χ3v) is 2.18. The number of benzene rings is 1. The number of rotatable bonds is 4. The summed E-state index contributed by atoms with van der Waals surface area (Å²) in [6.07, 6.45) is 4.06. The molecule has 0 unspecified atom stereocenters. The molecule has 1 rings (SSSR count). The van der Waals surface area contributed by atoms with Crippen molar-refractivity contribution >= 4 is 6.08 Å². The summed E-state index contributed by atoms with van der Waals surface area (Å²) in [4.78, 5) is 0. The first-order chi connectivity index (χ1) is 6.22. The van der Waals surface area contributed by atoms with E-state index < -0.39 is 0 Å². The first-order valence-electron chi connectivity index (χ1n) is 4.86. The normalized spacial score (nSPS) is 10.4. The average molecular weight is 173 g/mol. The van der Waals surface area contributed by atoms with Crippen LogP contribution in [0.2, 0.25) is 0 Å². The molecule has 0 fully saturated rings. The molecule has 0 bridgehead atoms. The Bertz CT molecular complexity index is 254. The summed E-state index contributed by atoms with van der Waals surface area (Å²) < 4.78 is 0. The zero-order valence-electron chi connectivity index (χ0n) is 8.46. The largest absolute Gasteiger partial charge is 0.0628 e. The molecule has 1 radical (unpaired) electrons. The summed E-state index contributed by atoms with van der Waals surface area (Å²) in [5.41, 5.74) is 2.49. The van der Waals surface area contributed by atoms with Gasteiger partial charge in [-0.15, -0.1) is 0 Å². The Morgan fingerprint density at radius 3 is 2.31 bits per heavy atom. The van der Waals surface area contributed by atoms with Crippen molar-refractivity contribution in [3.8, 4) is 0 Å². The van der Waals surface area contributed by atoms with Crippen LogP contribution in [0.1, 0.15) is 31.4 Å². The summed E-state index contributed by atoms with van der Waals surface area (Å²) in [6, 6.07) is 8.44. The van der Waals surface area contributed by atoms with E-state index in [9.17, 15) is 0 Å². The second kappa shape index (κ2) is 4.86. The molecule has 0 saturated carbocycles. The molecule has 1 aromatic rings. The van der Waals surface area contributed by atoms with Gasteiger partial charge in [0, 0.05) is 0 Å². The quantitative estimate of drug-likeness (QED) is 0.651. The summed E-state index contributed by atoms with van der Waals surface area (Å²) >= 11 is 0. The molecule has 0 amide bonds. The van der Waals surface area contributed by atoms with Crippen LogP contribution in [-0.4, -0.2) is 0 Å². The second-order valence-corrected chi connectivity index (χ2v) is 3.84. The fraction of sp³-hybridized carbons (Fsp3) is 0.385. The van der Waals surface area contributed by atoms with E-state index in [1.807, 2.05) is 0 Å². The van der Waals surface area contributed by atoms with Crippen molar-refractivity contribution in [3.63, 3.8) is 0 Å². The first kappa shape index (κ1) is 10.0. The van der Waals surface area contributed by atoms with Crippen LogP contribution in [-0.2, 0) is 6.42 Å². The maximum absolute atomic E-state index is 5.40. The van der Waals surface area contributed by atoms with Gasteiger partial charge in [-0.3, -0.25) is 0 Å². The maximum atomic E-state index is 5.40. The topological polar surface area (TPSA) is 0 Å². The van der Waals surface area contributed by atoms with Gasteiger partial charge in [-0.25, -0.2) is 0 Å². The zero-order chi connectivity index (χ0) is 9.68. The van der Waals surface area contributed by atoms with Crippen LogP contribution in [0, 0.1) is 12.5 Å². The molecule has 13 heavy (non-hydrogen) atoms. The summed E-state index contributed by atoms with van der Waals surface area (Å²) in [5, 5.41) is 0. The first-order valence-corrected chi connectivity index (χ1v) is 4.86. The summed E-state index contributed by atoms with van der Waals surface area (Å²) in [5.74, 6) is 0.778. The number of aryl methyl sites for hydroxylation is 1. The highest BCUT2D eigenvalue weighted by molar-refractivity contribution is 5.45. The average Bonchev–Trinajstić information content (AvgIpc) is 2.15. The molecule has 0 N–H and O–H groups in total. The number of hydrogen-bond donors (Lipinski definition) is 0. The van der Waals surface area contributed by atoms with Gasteiger partial charge in [-0.2, -0.15) is 0 Å². The Kier molecular flexibility index (Phi) is 3.75. The maximum Gasteiger partial charge on any atom is -0.0256 e. The van der Waals surface area contributed by atoms with E-state index in [4.69, 9.17) is 6.58 Å². The van der Waals surface area contributed by atoms with Gasteiger partial charge < -0.3 is 0 Å². The van der Waals surface area contributed by atoms with Gasteiger partial charge in [0.2, 0.25) is 0 Å². The van der Waals surface area contributed by atoms with E-state index in [-0.39, 0.29) is 0 Å². The molecule has 0 aromatic heterocycles. The minimum atomic E-state index is 0.778. The van der Waals surface area contributed by atoms with Crippen LogP contribution in [0.4, 0.5) is 0 Å². The van der Waals surface area contributed by atoms with Crippen molar-refractivity contribution in [1.82, 2.24) is 0 Å². The highest BCUT2D eigenvalue weighted by Crippen LogP contribution is 2.10. The third-order valence-electron chi connectivity index (χ3n) is 2.18. The lowest BCUT2D eigenvalue weighted by atomic mass is 10.0.